The maximum Gasteiger partial charge on any atom is 0.307 e. The van der Waals surface area contributed by atoms with Crippen LogP contribution in [0.2, 0.25) is 0 Å². The predicted octanol–water partition coefficient (Wildman–Crippen LogP) is 15.1. The molecule has 24 atom stereocenters. The zero-order valence-electron chi connectivity index (χ0n) is 64.9. The number of aromatic nitrogens is 6. The highest BCUT2D eigenvalue weighted by atomic mass is 16.5. The fourth-order valence-corrected chi connectivity index (χ4v) is 24.6. The van der Waals surface area contributed by atoms with Gasteiger partial charge in [-0.1, -0.05) is 161 Å². The Morgan fingerprint density at radius 3 is 1.37 bits per heavy atom. The van der Waals surface area contributed by atoms with Crippen LogP contribution in [0.4, 0.5) is 0 Å². The van der Waals surface area contributed by atoms with Crippen LogP contribution in [0.25, 0.3) is 6.08 Å². The van der Waals surface area contributed by atoms with Gasteiger partial charge >= 0.3 is 11.9 Å². The Labute approximate surface area is 590 Å². The number of carboxylic acid groups (broad SMARTS) is 2. The number of hydrogen-bond acceptors (Lipinski definition) is 13. The standard InChI is InChI=1S/C40H66N4O4.C40H64N4O4.CH4O/c2*1-12-31-42-23-43-44(31)29-19-40-22-47-20-36(8,33(29)48-21-39(11,41)25(4)5)30(40)14-13-27-28(40)15-16-38(10)32(34(45)46)35(7,26(6)24(2)3)17-18-37(27,38)9;1-2/h15,23-27,29-30,32-33H,12-14,16-22,41H2,1-11H3,(H,45,46);12,15,23-27,29-30,32-33H,1,13-14,16-22,41H2,2-11H3,(H,45,46);2H,1H3/t2*26-,27+,29-,30+,32-,33+,35-,36-,37-,38+,39+,40+;/m11./s1. The molecule has 4 bridgehead atoms. The van der Waals surface area contributed by atoms with Crippen molar-refractivity contribution in [1.82, 2.24) is 29.5 Å². The molecular formula is C81H134N8O9. The summed E-state index contributed by atoms with van der Waals surface area (Å²) in [5, 5.41) is 38.8. The van der Waals surface area contributed by atoms with Crippen LogP contribution in [-0.2, 0) is 35.0 Å². The van der Waals surface area contributed by atoms with E-state index in [-0.39, 0.29) is 90.3 Å². The highest BCUT2D eigenvalue weighted by Crippen LogP contribution is 2.78. The Morgan fingerprint density at radius 2 is 1.00 bits per heavy atom. The van der Waals surface area contributed by atoms with E-state index in [2.05, 4.69) is 178 Å². The van der Waals surface area contributed by atoms with Gasteiger partial charge in [0.25, 0.3) is 0 Å². The van der Waals surface area contributed by atoms with Crippen LogP contribution in [-0.4, -0.2) is 127 Å². The van der Waals surface area contributed by atoms with Gasteiger partial charge in [-0.05, 0) is 189 Å². The monoisotopic (exact) mass is 1360 g/mol. The van der Waals surface area contributed by atoms with E-state index in [1.165, 1.54) is 5.57 Å². The summed E-state index contributed by atoms with van der Waals surface area (Å²) in [5.74, 6) is 3.16. The molecule has 8 aliphatic carbocycles. The molecule has 17 heteroatoms. The Kier molecular flexibility index (Phi) is 20.9. The van der Waals surface area contributed by atoms with Gasteiger partial charge < -0.3 is 45.7 Å². The van der Waals surface area contributed by atoms with Gasteiger partial charge in [-0.15, -0.1) is 0 Å². The van der Waals surface area contributed by atoms with Gasteiger partial charge in [-0.3, -0.25) is 9.59 Å². The number of aliphatic hydroxyl groups excluding tert-OH is 1. The molecule has 8 fully saturated rings. The van der Waals surface area contributed by atoms with Crippen molar-refractivity contribution < 1.29 is 43.9 Å². The van der Waals surface area contributed by atoms with E-state index in [4.69, 9.17) is 50.7 Å². The summed E-state index contributed by atoms with van der Waals surface area (Å²) in [6.45, 7) is 55.2. The van der Waals surface area contributed by atoms with Gasteiger partial charge in [0, 0.05) is 46.3 Å². The number of aliphatic carboxylic acids is 2. The van der Waals surface area contributed by atoms with Crippen molar-refractivity contribution in [1.29, 1.82) is 0 Å². The van der Waals surface area contributed by atoms with E-state index in [1.807, 2.05) is 0 Å². The second kappa shape index (κ2) is 26.7. The second-order valence-corrected chi connectivity index (χ2v) is 37.8. The molecule has 2 aliphatic heterocycles. The third kappa shape index (κ3) is 11.3. The second-order valence-electron chi connectivity index (χ2n) is 37.8. The predicted molar refractivity (Wildman–Crippen MR) is 387 cm³/mol. The van der Waals surface area contributed by atoms with Crippen LogP contribution < -0.4 is 11.5 Å². The smallest absolute Gasteiger partial charge is 0.307 e. The van der Waals surface area contributed by atoms with Crippen LogP contribution in [0.3, 0.4) is 0 Å². The SMILES string of the molecule is C=Cc1ncnn1[C@@H]1C[C@@]23COC[C@](C)([C@@H]2CC[C@H]2C3=CC[C@@]3(C)[C@H](C(=O)O)[C@@](C)([C@H](C)C(C)C)CC[C@]23C)[C@H]1OC[C@](C)(N)C(C)C.CCc1ncnn1[C@@H]1C[C@@]23COC[C@](C)([C@@H]2CC[C@H]2C3=CC[C@@]3(C)[C@H](C(=O)O)[C@@](C)([C@H](C)C(C)C)CC[C@]23C)[C@H]1OC[C@](C)(N)C(C)C.CO. The molecule has 0 spiro atoms. The van der Waals surface area contributed by atoms with Crippen LogP contribution in [0.15, 0.2) is 42.5 Å². The molecule has 0 aromatic carbocycles. The highest BCUT2D eigenvalue weighted by Gasteiger charge is 2.75. The Hall–Kier alpha value is -3.84. The first kappa shape index (κ1) is 76.8. The van der Waals surface area contributed by atoms with Crippen molar-refractivity contribution in [3.05, 3.63) is 54.2 Å². The van der Waals surface area contributed by atoms with Gasteiger partial charge in [0.2, 0.25) is 0 Å². The number of hydrogen-bond donors (Lipinski definition) is 5. The molecule has 6 saturated carbocycles. The highest BCUT2D eigenvalue weighted by molar-refractivity contribution is 5.74. The van der Waals surface area contributed by atoms with Crippen molar-refractivity contribution in [3.63, 3.8) is 0 Å². The number of rotatable bonds is 18. The third-order valence-electron chi connectivity index (χ3n) is 32.3. The molecule has 98 heavy (non-hydrogen) atoms. The number of carbonyl (C=O) groups is 2. The first-order valence-electron chi connectivity index (χ1n) is 38.4. The van der Waals surface area contributed by atoms with Crippen LogP contribution in [0.5, 0.6) is 0 Å². The number of fused-ring (bicyclic) bond motifs is 6. The van der Waals surface area contributed by atoms with Crippen molar-refractivity contribution in [2.45, 2.75) is 264 Å². The minimum absolute atomic E-state index is 0.00429. The van der Waals surface area contributed by atoms with Crippen LogP contribution in [0.1, 0.15) is 246 Å². The molecule has 0 unspecified atom stereocenters. The maximum absolute atomic E-state index is 13.5. The normalized spacial score (nSPS) is 43.4. The fourth-order valence-electron chi connectivity index (χ4n) is 24.6. The molecule has 2 aromatic heterocycles. The average molecular weight is 1360 g/mol. The number of nitrogens with two attached hydrogens (primary N) is 2. The summed E-state index contributed by atoms with van der Waals surface area (Å²) in [4.78, 5) is 36.2. The van der Waals surface area contributed by atoms with E-state index >= 15 is 0 Å². The minimum atomic E-state index is -0.621. The third-order valence-corrected chi connectivity index (χ3v) is 32.3. The van der Waals surface area contributed by atoms with E-state index < -0.39 is 34.9 Å². The maximum atomic E-state index is 13.5. The Balaban J connectivity index is 0.000000207. The lowest BCUT2D eigenvalue weighted by molar-refractivity contribution is -0.253. The van der Waals surface area contributed by atoms with Crippen molar-refractivity contribution in [3.8, 4) is 0 Å². The largest absolute Gasteiger partial charge is 0.481 e. The summed E-state index contributed by atoms with van der Waals surface area (Å²) in [5.41, 5.74) is 13.5. The summed E-state index contributed by atoms with van der Waals surface area (Å²) >= 11 is 0. The number of allylic oxidation sites excluding steroid dienone is 2. The van der Waals surface area contributed by atoms with Crippen molar-refractivity contribution >= 4 is 18.0 Å². The van der Waals surface area contributed by atoms with E-state index in [9.17, 15) is 19.8 Å². The van der Waals surface area contributed by atoms with E-state index in [1.54, 1.807) is 24.3 Å². The molecule has 0 amide bonds. The lowest BCUT2D eigenvalue weighted by Gasteiger charge is -2.71. The van der Waals surface area contributed by atoms with Gasteiger partial charge in [-0.25, -0.2) is 19.3 Å². The molecule has 2 aromatic rings. The summed E-state index contributed by atoms with van der Waals surface area (Å²) in [7, 11) is 1.00. The quantitative estimate of drug-likeness (QED) is 0.0871. The average Bonchev–Trinajstić information content (AvgIpc) is 0.705. The first-order valence-corrected chi connectivity index (χ1v) is 38.4. The number of nitrogens with zero attached hydrogens (tertiary/aromatic N) is 6. The number of carboxylic acids is 2. The minimum Gasteiger partial charge on any atom is -0.481 e. The van der Waals surface area contributed by atoms with Gasteiger partial charge in [0.1, 0.15) is 24.3 Å². The summed E-state index contributed by atoms with van der Waals surface area (Å²) in [6, 6.07) is -0.0627. The van der Waals surface area contributed by atoms with Gasteiger partial charge in [-0.2, -0.15) is 10.2 Å². The molecule has 17 nitrogen and oxygen atoms in total. The molecular weight excluding hydrogens is 1230 g/mol. The molecule has 7 N–H and O–H groups in total. The lowest BCUT2D eigenvalue weighted by Crippen LogP contribution is -2.69. The van der Waals surface area contributed by atoms with Gasteiger partial charge in [0.05, 0.1) is 75.8 Å². The zero-order valence-corrected chi connectivity index (χ0v) is 64.9. The number of aliphatic hydroxyl groups is 1. The zero-order chi connectivity index (χ0) is 72.5. The van der Waals surface area contributed by atoms with E-state index in [0.29, 0.717) is 87.0 Å². The van der Waals surface area contributed by atoms with Crippen molar-refractivity contribution in [2.75, 3.05) is 46.8 Å². The first-order chi connectivity index (χ1) is 45.7. The Morgan fingerprint density at radius 1 is 0.612 bits per heavy atom. The summed E-state index contributed by atoms with van der Waals surface area (Å²) < 4.78 is 31.8. The van der Waals surface area contributed by atoms with Gasteiger partial charge in [0.15, 0.2) is 0 Å². The number of ether oxygens (including phenoxy) is 4. The molecule has 12 rings (SSSR count). The van der Waals surface area contributed by atoms with Crippen LogP contribution in [0, 0.1) is 125 Å². The van der Waals surface area contributed by atoms with Crippen LogP contribution >= 0.6 is 0 Å². The lowest BCUT2D eigenvalue weighted by atomic mass is 9.34. The molecule has 0 radical (unpaired) electrons. The summed E-state index contributed by atoms with van der Waals surface area (Å²) in [6.07, 6.45) is 22.3. The fraction of sp³-hybridized carbons (Fsp3) is 0.852. The molecule has 2 saturated heterocycles. The Bertz CT molecular complexity index is 3300. The van der Waals surface area contributed by atoms with E-state index in [0.717, 1.165) is 102 Å². The molecule has 10 aliphatic rings. The number of aryl methyl sites for hydroxylation is 1. The molecule has 4 heterocycles. The topological polar surface area (TPSA) is 245 Å². The van der Waals surface area contributed by atoms with Crippen molar-refractivity contribution in [2.24, 2.45) is 137 Å². The molecule has 552 valence electrons.